The second-order valence-electron chi connectivity index (χ2n) is 5.23. The first-order valence-electron chi connectivity index (χ1n) is 7.25. The molecule has 2 heterocycles. The summed E-state index contributed by atoms with van der Waals surface area (Å²) in [6.07, 6.45) is 0. The van der Waals surface area contributed by atoms with Gasteiger partial charge in [-0.25, -0.2) is 9.66 Å². The van der Waals surface area contributed by atoms with Gasteiger partial charge in [0, 0.05) is 10.6 Å². The molecule has 2 aromatic heterocycles. The fourth-order valence-corrected chi connectivity index (χ4v) is 3.97. The number of carbonyl (C=O) groups is 1. The highest BCUT2D eigenvalue weighted by Crippen LogP contribution is 2.27. The van der Waals surface area contributed by atoms with Crippen molar-refractivity contribution in [3.63, 3.8) is 0 Å². The summed E-state index contributed by atoms with van der Waals surface area (Å²) in [5.41, 5.74) is 1.41. The number of rotatable bonds is 4. The quantitative estimate of drug-likeness (QED) is 0.422. The zero-order valence-corrected chi connectivity index (χ0v) is 14.8. The number of hydrogen-bond acceptors (Lipinski definition) is 7. The van der Waals surface area contributed by atoms with Crippen LogP contribution in [0.2, 0.25) is 0 Å². The molecule has 0 spiro atoms. The Morgan fingerprint density at radius 1 is 1.33 bits per heavy atom. The zero-order valence-electron chi connectivity index (χ0n) is 13.2. The van der Waals surface area contributed by atoms with Gasteiger partial charge in [-0.05, 0) is 43.3 Å². The van der Waals surface area contributed by atoms with Crippen molar-refractivity contribution in [1.82, 2.24) is 9.66 Å². The molecule has 8 heteroatoms. The maximum Gasteiger partial charge on any atom is 0.281 e. The van der Waals surface area contributed by atoms with Crippen LogP contribution >= 0.6 is 23.1 Å². The number of nitrogen functional groups attached to an aromatic ring is 1. The highest BCUT2D eigenvalue weighted by atomic mass is 32.2. The van der Waals surface area contributed by atoms with Crippen LogP contribution in [0.3, 0.4) is 0 Å². The zero-order chi connectivity index (χ0) is 17.3. The topological polar surface area (TPSA) is 90.0 Å². The standard InChI is InChI=1S/C16H16N4O2S2/c1-9-10(2)23-14-13(9)15(22)20(17)16(19-14)24-12(21)8-18-11-6-4-3-5-7-11/h3-7,18H,8,17H2,1-2H3. The van der Waals surface area contributed by atoms with Crippen LogP contribution < -0.4 is 16.7 Å². The lowest BCUT2D eigenvalue weighted by atomic mass is 10.2. The number of fused-ring (bicyclic) bond motifs is 1. The molecule has 3 rings (SSSR count). The van der Waals surface area contributed by atoms with E-state index in [9.17, 15) is 9.59 Å². The molecular weight excluding hydrogens is 344 g/mol. The molecule has 3 N–H and O–H groups in total. The number of anilines is 1. The van der Waals surface area contributed by atoms with Crippen LogP contribution in [0, 0.1) is 13.8 Å². The Labute approximate surface area is 146 Å². The Hall–Kier alpha value is -2.32. The molecule has 0 unspecified atom stereocenters. The monoisotopic (exact) mass is 360 g/mol. The fraction of sp³-hybridized carbons (Fsp3) is 0.188. The lowest BCUT2D eigenvalue weighted by Crippen LogP contribution is -2.30. The lowest BCUT2D eigenvalue weighted by Gasteiger charge is -2.07. The van der Waals surface area contributed by atoms with Crippen LogP contribution in [0.4, 0.5) is 5.69 Å². The maximum absolute atomic E-state index is 12.4. The van der Waals surface area contributed by atoms with Crippen molar-refractivity contribution in [2.45, 2.75) is 19.0 Å². The third-order valence-corrected chi connectivity index (χ3v) is 5.56. The van der Waals surface area contributed by atoms with Crippen molar-refractivity contribution in [3.05, 3.63) is 51.1 Å². The number of aromatic nitrogens is 2. The van der Waals surface area contributed by atoms with Gasteiger partial charge >= 0.3 is 0 Å². The van der Waals surface area contributed by atoms with E-state index in [2.05, 4.69) is 10.3 Å². The molecule has 0 radical (unpaired) electrons. The summed E-state index contributed by atoms with van der Waals surface area (Å²) in [7, 11) is 0. The van der Waals surface area contributed by atoms with Crippen molar-refractivity contribution in [3.8, 4) is 0 Å². The van der Waals surface area contributed by atoms with Crippen molar-refractivity contribution >= 4 is 44.1 Å². The molecule has 6 nitrogen and oxygen atoms in total. The molecule has 0 aliphatic heterocycles. The van der Waals surface area contributed by atoms with Crippen LogP contribution in [-0.4, -0.2) is 21.3 Å². The molecular formula is C16H16N4O2S2. The molecule has 0 saturated carbocycles. The minimum atomic E-state index is -0.326. The van der Waals surface area contributed by atoms with Gasteiger partial charge in [-0.15, -0.1) is 11.3 Å². The van der Waals surface area contributed by atoms with E-state index in [1.54, 1.807) is 0 Å². The Morgan fingerprint density at radius 3 is 2.75 bits per heavy atom. The first-order chi connectivity index (χ1) is 11.5. The summed E-state index contributed by atoms with van der Waals surface area (Å²) in [4.78, 5) is 30.6. The number of thiophene rings is 1. The summed E-state index contributed by atoms with van der Waals surface area (Å²) in [5.74, 6) is 5.84. The second-order valence-corrected chi connectivity index (χ2v) is 7.45. The van der Waals surface area contributed by atoms with Gasteiger partial charge in [0.25, 0.3) is 5.56 Å². The van der Waals surface area contributed by atoms with E-state index in [4.69, 9.17) is 5.84 Å². The van der Waals surface area contributed by atoms with Crippen LogP contribution in [-0.2, 0) is 4.79 Å². The molecule has 0 fully saturated rings. The van der Waals surface area contributed by atoms with E-state index < -0.39 is 0 Å². The molecule has 0 amide bonds. The van der Waals surface area contributed by atoms with Gasteiger partial charge in [0.15, 0.2) is 5.16 Å². The molecule has 0 saturated heterocycles. The highest BCUT2D eigenvalue weighted by Gasteiger charge is 2.17. The van der Waals surface area contributed by atoms with Gasteiger partial charge in [-0.3, -0.25) is 9.59 Å². The lowest BCUT2D eigenvalue weighted by molar-refractivity contribution is -0.109. The van der Waals surface area contributed by atoms with Crippen LogP contribution in [0.5, 0.6) is 0 Å². The van der Waals surface area contributed by atoms with E-state index in [1.165, 1.54) is 11.3 Å². The van der Waals surface area contributed by atoms with E-state index >= 15 is 0 Å². The Balaban J connectivity index is 1.81. The minimum Gasteiger partial charge on any atom is -0.377 e. The number of nitrogens with two attached hydrogens (primary N) is 1. The largest absolute Gasteiger partial charge is 0.377 e. The van der Waals surface area contributed by atoms with Crippen molar-refractivity contribution in [1.29, 1.82) is 0 Å². The number of aryl methyl sites for hydroxylation is 2. The van der Waals surface area contributed by atoms with Crippen LogP contribution in [0.1, 0.15) is 10.4 Å². The summed E-state index contributed by atoms with van der Waals surface area (Å²) in [6, 6.07) is 9.42. The van der Waals surface area contributed by atoms with Crippen molar-refractivity contribution < 1.29 is 4.79 Å². The molecule has 3 aromatic rings. The van der Waals surface area contributed by atoms with Crippen LogP contribution in [0.25, 0.3) is 10.2 Å². The molecule has 0 bridgehead atoms. The SMILES string of the molecule is Cc1sc2nc(SC(=O)CNc3ccccc3)n(N)c(=O)c2c1C. The number of carbonyl (C=O) groups excluding carboxylic acids is 1. The smallest absolute Gasteiger partial charge is 0.281 e. The number of hydrogen-bond donors (Lipinski definition) is 2. The van der Waals surface area contributed by atoms with Gasteiger partial charge < -0.3 is 11.2 Å². The predicted octanol–water partition coefficient (Wildman–Crippen LogP) is 2.52. The van der Waals surface area contributed by atoms with Crippen molar-refractivity contribution in [2.24, 2.45) is 0 Å². The summed E-state index contributed by atoms with van der Waals surface area (Å²) >= 11 is 2.30. The number of nitrogens with zero attached hydrogens (tertiary/aromatic N) is 2. The average molecular weight is 360 g/mol. The summed E-state index contributed by atoms with van der Waals surface area (Å²) in [5, 5.41) is 3.58. The first-order valence-corrected chi connectivity index (χ1v) is 8.88. The van der Waals surface area contributed by atoms with E-state index in [0.29, 0.717) is 10.2 Å². The van der Waals surface area contributed by atoms with E-state index in [0.717, 1.165) is 32.6 Å². The summed E-state index contributed by atoms with van der Waals surface area (Å²) in [6.45, 7) is 3.92. The van der Waals surface area contributed by atoms with Crippen LogP contribution in [0.15, 0.2) is 40.3 Å². The normalized spacial score (nSPS) is 10.9. The van der Waals surface area contributed by atoms with Gasteiger partial charge in [0.05, 0.1) is 11.9 Å². The molecule has 124 valence electrons. The predicted molar refractivity (Wildman–Crippen MR) is 99.3 cm³/mol. The Kier molecular flexibility index (Phi) is 4.59. The molecule has 24 heavy (non-hydrogen) atoms. The average Bonchev–Trinajstić information content (AvgIpc) is 2.86. The Morgan fingerprint density at radius 2 is 2.04 bits per heavy atom. The maximum atomic E-state index is 12.4. The number of para-hydroxylation sites is 1. The summed E-state index contributed by atoms with van der Waals surface area (Å²) < 4.78 is 0.951. The molecule has 0 atom stereocenters. The first kappa shape index (κ1) is 16.5. The fourth-order valence-electron chi connectivity index (χ4n) is 2.23. The molecule has 1 aromatic carbocycles. The van der Waals surface area contributed by atoms with Gasteiger partial charge in [0.1, 0.15) is 4.83 Å². The second kappa shape index (κ2) is 6.66. The van der Waals surface area contributed by atoms with E-state index in [-0.39, 0.29) is 22.4 Å². The number of thioether (sulfide) groups is 1. The molecule has 0 aliphatic carbocycles. The highest BCUT2D eigenvalue weighted by molar-refractivity contribution is 8.13. The van der Waals surface area contributed by atoms with Gasteiger partial charge in [-0.2, -0.15) is 0 Å². The third-order valence-electron chi connectivity index (χ3n) is 3.62. The number of nitrogens with one attached hydrogen (secondary N) is 1. The van der Waals surface area contributed by atoms with Gasteiger partial charge in [0.2, 0.25) is 5.12 Å². The van der Waals surface area contributed by atoms with E-state index in [1.807, 2.05) is 44.2 Å². The molecule has 0 aliphatic rings. The Bertz CT molecular complexity index is 964. The third kappa shape index (κ3) is 3.15. The van der Waals surface area contributed by atoms with Gasteiger partial charge in [-0.1, -0.05) is 18.2 Å². The number of benzene rings is 1. The van der Waals surface area contributed by atoms with Crippen molar-refractivity contribution in [2.75, 3.05) is 17.7 Å². The minimum absolute atomic E-state index is 0.116.